The number of hydrogen-bond donors (Lipinski definition) is 0. The van der Waals surface area contributed by atoms with Gasteiger partial charge in [0, 0.05) is 7.05 Å². The first kappa shape index (κ1) is 10.8. The Balaban J connectivity index is 3.03. The monoisotopic (exact) mass is 191 g/mol. The first-order valence-electron chi connectivity index (χ1n) is 4.74. The molecule has 0 heterocycles. The maximum absolute atomic E-state index is 10.7. The number of rotatable bonds is 3. The van der Waals surface area contributed by atoms with Crippen molar-refractivity contribution in [2.45, 2.75) is 26.3 Å². The number of benzene rings is 1. The van der Waals surface area contributed by atoms with Gasteiger partial charge in [-0.05, 0) is 26.3 Å². The van der Waals surface area contributed by atoms with E-state index in [1.165, 1.54) is 5.56 Å². The van der Waals surface area contributed by atoms with Gasteiger partial charge in [-0.25, -0.2) is 0 Å². The van der Waals surface area contributed by atoms with Crippen molar-refractivity contribution in [3.05, 3.63) is 35.4 Å². The fourth-order valence-corrected chi connectivity index (χ4v) is 1.30. The molecule has 76 valence electrons. The summed E-state index contributed by atoms with van der Waals surface area (Å²) in [6.07, 6.45) is 0.861. The molecule has 0 aromatic heterocycles. The van der Waals surface area contributed by atoms with Gasteiger partial charge in [0.25, 0.3) is 0 Å². The van der Waals surface area contributed by atoms with Crippen LogP contribution in [0.1, 0.15) is 25.0 Å². The van der Waals surface area contributed by atoms with Gasteiger partial charge < -0.3 is 4.90 Å². The van der Waals surface area contributed by atoms with E-state index in [2.05, 4.69) is 31.2 Å². The molecule has 0 atom stereocenters. The van der Waals surface area contributed by atoms with Crippen molar-refractivity contribution in [3.63, 3.8) is 0 Å². The molecule has 0 bridgehead atoms. The van der Waals surface area contributed by atoms with Crippen molar-refractivity contribution in [3.8, 4) is 0 Å². The number of aryl methyl sites for hydroxylation is 1. The van der Waals surface area contributed by atoms with Gasteiger partial charge in [0.15, 0.2) is 0 Å². The zero-order valence-corrected chi connectivity index (χ0v) is 9.24. The van der Waals surface area contributed by atoms with Crippen molar-refractivity contribution < 1.29 is 4.79 Å². The average molecular weight is 191 g/mol. The fourth-order valence-electron chi connectivity index (χ4n) is 1.30. The van der Waals surface area contributed by atoms with E-state index in [-0.39, 0.29) is 5.54 Å². The topological polar surface area (TPSA) is 20.3 Å². The zero-order chi connectivity index (χ0) is 10.8. The van der Waals surface area contributed by atoms with Gasteiger partial charge in [0.05, 0.1) is 5.54 Å². The molecule has 1 amide bonds. The minimum atomic E-state index is -0.241. The molecule has 0 aliphatic rings. The second-order valence-electron chi connectivity index (χ2n) is 4.14. The predicted molar refractivity (Wildman–Crippen MR) is 58.0 cm³/mol. The Bertz CT molecular complexity index is 314. The lowest BCUT2D eigenvalue weighted by Crippen LogP contribution is -2.37. The molecule has 0 unspecified atom stereocenters. The molecule has 2 heteroatoms. The second-order valence-corrected chi connectivity index (χ2v) is 4.14. The van der Waals surface area contributed by atoms with Crippen molar-refractivity contribution in [1.82, 2.24) is 4.90 Å². The maximum Gasteiger partial charge on any atom is 0.210 e. The van der Waals surface area contributed by atoms with E-state index in [4.69, 9.17) is 0 Å². The Hall–Kier alpha value is -1.31. The van der Waals surface area contributed by atoms with Crippen LogP contribution in [0.5, 0.6) is 0 Å². The van der Waals surface area contributed by atoms with Gasteiger partial charge in [0.1, 0.15) is 0 Å². The van der Waals surface area contributed by atoms with E-state index in [0.29, 0.717) is 0 Å². The third-order valence-electron chi connectivity index (χ3n) is 2.80. The molecule has 0 aliphatic carbocycles. The van der Waals surface area contributed by atoms with Gasteiger partial charge in [0.2, 0.25) is 6.41 Å². The Morgan fingerprint density at radius 2 is 1.71 bits per heavy atom. The molecule has 1 rings (SSSR count). The molecule has 0 N–H and O–H groups in total. The Kier molecular flexibility index (Phi) is 2.94. The summed E-state index contributed by atoms with van der Waals surface area (Å²) in [5.41, 5.74) is 2.14. The standard InChI is InChI=1S/C12H17NO/c1-10-5-7-11(8-6-10)12(2,3)13(4)9-14/h5-9H,1-4H3. The number of carbonyl (C=O) groups excluding carboxylic acids is 1. The first-order valence-corrected chi connectivity index (χ1v) is 4.74. The molecule has 0 radical (unpaired) electrons. The summed E-state index contributed by atoms with van der Waals surface area (Å²) in [5, 5.41) is 0. The maximum atomic E-state index is 10.7. The molecule has 1 aromatic carbocycles. The van der Waals surface area contributed by atoms with Crippen LogP contribution in [-0.2, 0) is 10.3 Å². The first-order chi connectivity index (χ1) is 6.48. The summed E-state index contributed by atoms with van der Waals surface area (Å²) in [4.78, 5) is 12.4. The van der Waals surface area contributed by atoms with Crippen LogP contribution in [0.3, 0.4) is 0 Å². The summed E-state index contributed by atoms with van der Waals surface area (Å²) in [6.45, 7) is 6.12. The van der Waals surface area contributed by atoms with Crippen LogP contribution in [0.2, 0.25) is 0 Å². The van der Waals surface area contributed by atoms with Crippen LogP contribution in [0.4, 0.5) is 0 Å². The molecule has 1 aromatic rings. The summed E-state index contributed by atoms with van der Waals surface area (Å²) >= 11 is 0. The Morgan fingerprint density at radius 3 is 2.14 bits per heavy atom. The van der Waals surface area contributed by atoms with Crippen molar-refractivity contribution >= 4 is 6.41 Å². The lowest BCUT2D eigenvalue weighted by Gasteiger charge is -2.33. The summed E-state index contributed by atoms with van der Waals surface area (Å²) in [6, 6.07) is 8.26. The van der Waals surface area contributed by atoms with E-state index >= 15 is 0 Å². The lowest BCUT2D eigenvalue weighted by molar-refractivity contribution is -0.121. The van der Waals surface area contributed by atoms with Crippen LogP contribution in [0.15, 0.2) is 24.3 Å². The third kappa shape index (κ3) is 1.95. The molecule has 0 fully saturated rings. The van der Waals surface area contributed by atoms with Crippen LogP contribution < -0.4 is 0 Å². The number of nitrogens with zero attached hydrogens (tertiary/aromatic N) is 1. The minimum absolute atomic E-state index is 0.241. The van der Waals surface area contributed by atoms with E-state index in [1.54, 1.807) is 11.9 Å². The van der Waals surface area contributed by atoms with E-state index in [9.17, 15) is 4.79 Å². The molecule has 0 spiro atoms. The zero-order valence-electron chi connectivity index (χ0n) is 9.24. The minimum Gasteiger partial charge on any atom is -0.339 e. The van der Waals surface area contributed by atoms with Crippen LogP contribution >= 0.6 is 0 Å². The number of carbonyl (C=O) groups is 1. The van der Waals surface area contributed by atoms with E-state index in [1.807, 2.05) is 13.8 Å². The Labute approximate surface area is 85.5 Å². The molecule has 14 heavy (non-hydrogen) atoms. The molecule has 0 saturated heterocycles. The number of amides is 1. The smallest absolute Gasteiger partial charge is 0.210 e. The Morgan fingerprint density at radius 1 is 1.21 bits per heavy atom. The van der Waals surface area contributed by atoms with Crippen molar-refractivity contribution in [2.24, 2.45) is 0 Å². The SMILES string of the molecule is Cc1ccc(C(C)(C)N(C)C=O)cc1. The lowest BCUT2D eigenvalue weighted by atomic mass is 9.92. The quantitative estimate of drug-likeness (QED) is 0.671. The summed E-state index contributed by atoms with van der Waals surface area (Å²) < 4.78 is 0. The summed E-state index contributed by atoms with van der Waals surface area (Å²) in [5.74, 6) is 0. The molecular weight excluding hydrogens is 174 g/mol. The predicted octanol–water partition coefficient (Wildman–Crippen LogP) is 2.32. The normalized spacial score (nSPS) is 11.1. The van der Waals surface area contributed by atoms with Gasteiger partial charge in [-0.2, -0.15) is 0 Å². The fraction of sp³-hybridized carbons (Fsp3) is 0.417. The highest BCUT2D eigenvalue weighted by Gasteiger charge is 2.24. The molecular formula is C12H17NO. The average Bonchev–Trinajstić information content (AvgIpc) is 2.17. The molecule has 0 aliphatic heterocycles. The number of hydrogen-bond acceptors (Lipinski definition) is 1. The van der Waals surface area contributed by atoms with E-state index < -0.39 is 0 Å². The van der Waals surface area contributed by atoms with Gasteiger partial charge in [-0.15, -0.1) is 0 Å². The molecule has 2 nitrogen and oxygen atoms in total. The largest absolute Gasteiger partial charge is 0.339 e. The van der Waals surface area contributed by atoms with Crippen molar-refractivity contribution in [2.75, 3.05) is 7.05 Å². The third-order valence-corrected chi connectivity index (χ3v) is 2.80. The summed E-state index contributed by atoms with van der Waals surface area (Å²) in [7, 11) is 1.80. The second kappa shape index (κ2) is 3.82. The van der Waals surface area contributed by atoms with Crippen LogP contribution in [0, 0.1) is 6.92 Å². The highest BCUT2D eigenvalue weighted by molar-refractivity contribution is 5.49. The highest BCUT2D eigenvalue weighted by atomic mass is 16.1. The van der Waals surface area contributed by atoms with Crippen molar-refractivity contribution in [1.29, 1.82) is 0 Å². The van der Waals surface area contributed by atoms with Gasteiger partial charge in [-0.1, -0.05) is 29.8 Å². The highest BCUT2D eigenvalue weighted by Crippen LogP contribution is 2.25. The molecule has 0 saturated carbocycles. The van der Waals surface area contributed by atoms with Crippen LogP contribution in [0.25, 0.3) is 0 Å². The van der Waals surface area contributed by atoms with Gasteiger partial charge >= 0.3 is 0 Å². The van der Waals surface area contributed by atoms with Gasteiger partial charge in [-0.3, -0.25) is 4.79 Å². The van der Waals surface area contributed by atoms with E-state index in [0.717, 1.165) is 12.0 Å². The van der Waals surface area contributed by atoms with Crippen LogP contribution in [-0.4, -0.2) is 18.4 Å².